The van der Waals surface area contributed by atoms with Crippen LogP contribution in [0.15, 0.2) is 42.5 Å². The maximum Gasteiger partial charge on any atom is 0.248 e. The Morgan fingerprint density at radius 2 is 1.87 bits per heavy atom. The number of rotatable bonds is 3. The summed E-state index contributed by atoms with van der Waals surface area (Å²) in [6, 6.07) is 11.8. The molecule has 0 radical (unpaired) electrons. The first kappa shape index (κ1) is 13.9. The molecular weight excluding hydrogens is 290 g/mol. The van der Waals surface area contributed by atoms with E-state index in [2.05, 4.69) is 17.4 Å². The molecule has 2 aromatic carbocycles. The van der Waals surface area contributed by atoms with Crippen LogP contribution in [0.3, 0.4) is 0 Å². The molecule has 1 amide bonds. The summed E-state index contributed by atoms with van der Waals surface area (Å²) in [5.74, 6) is 1.32. The second kappa shape index (κ2) is 5.80. The number of carbonyl (C=O) groups is 1. The Kier molecular flexibility index (Phi) is 3.50. The summed E-state index contributed by atoms with van der Waals surface area (Å²) in [5, 5.41) is 2.91. The third-order valence-electron chi connectivity index (χ3n) is 4.19. The molecule has 4 rings (SSSR count). The molecule has 1 aliphatic heterocycles. The molecule has 4 nitrogen and oxygen atoms in total. The third kappa shape index (κ3) is 2.93. The summed E-state index contributed by atoms with van der Waals surface area (Å²) in [4.78, 5) is 12.1. The lowest BCUT2D eigenvalue weighted by molar-refractivity contribution is -0.111. The lowest BCUT2D eigenvalue weighted by atomic mass is 10.1. The molecule has 0 unspecified atom stereocenters. The summed E-state index contributed by atoms with van der Waals surface area (Å²) in [6.07, 6.45) is 6.76. The van der Waals surface area contributed by atoms with Gasteiger partial charge in [-0.25, -0.2) is 0 Å². The minimum atomic E-state index is -0.138. The molecular formula is C19H17NO3. The number of hydrogen-bond donors (Lipinski definition) is 1. The van der Waals surface area contributed by atoms with Crippen LogP contribution in [0.4, 0.5) is 5.69 Å². The average Bonchev–Trinajstić information content (AvgIpc) is 3.20. The van der Waals surface area contributed by atoms with Crippen molar-refractivity contribution in [2.24, 2.45) is 0 Å². The van der Waals surface area contributed by atoms with E-state index < -0.39 is 0 Å². The van der Waals surface area contributed by atoms with Crippen molar-refractivity contribution in [2.45, 2.75) is 19.3 Å². The maximum absolute atomic E-state index is 12.1. The van der Waals surface area contributed by atoms with E-state index >= 15 is 0 Å². The van der Waals surface area contributed by atoms with Gasteiger partial charge in [0.05, 0.1) is 0 Å². The van der Waals surface area contributed by atoms with Crippen LogP contribution < -0.4 is 14.8 Å². The minimum absolute atomic E-state index is 0.138. The Hall–Kier alpha value is -2.75. The Morgan fingerprint density at radius 1 is 1.00 bits per heavy atom. The fourth-order valence-corrected chi connectivity index (χ4v) is 3.02. The van der Waals surface area contributed by atoms with Gasteiger partial charge in [0.25, 0.3) is 0 Å². The van der Waals surface area contributed by atoms with Crippen molar-refractivity contribution in [3.63, 3.8) is 0 Å². The highest BCUT2D eigenvalue weighted by Crippen LogP contribution is 2.32. The van der Waals surface area contributed by atoms with Crippen LogP contribution in [-0.2, 0) is 17.6 Å². The van der Waals surface area contributed by atoms with Crippen molar-refractivity contribution in [2.75, 3.05) is 12.1 Å². The largest absolute Gasteiger partial charge is 0.454 e. The van der Waals surface area contributed by atoms with E-state index in [1.54, 1.807) is 6.08 Å². The molecule has 4 heteroatoms. The fraction of sp³-hybridized carbons (Fsp3) is 0.211. The van der Waals surface area contributed by atoms with Crippen molar-refractivity contribution in [3.8, 4) is 11.5 Å². The topological polar surface area (TPSA) is 47.6 Å². The van der Waals surface area contributed by atoms with Crippen LogP contribution in [0.2, 0.25) is 0 Å². The fourth-order valence-electron chi connectivity index (χ4n) is 3.02. The van der Waals surface area contributed by atoms with Crippen LogP contribution in [0.1, 0.15) is 23.1 Å². The molecule has 0 spiro atoms. The van der Waals surface area contributed by atoms with Gasteiger partial charge in [0.2, 0.25) is 12.7 Å². The van der Waals surface area contributed by atoms with E-state index in [1.807, 2.05) is 24.3 Å². The number of aryl methyl sites for hydroxylation is 2. The SMILES string of the molecule is O=C(/C=C/c1ccc2c(c1)OCO2)Nc1ccc2c(c1)CCC2. The first-order valence-electron chi connectivity index (χ1n) is 7.78. The van der Waals surface area contributed by atoms with Gasteiger partial charge in [0.15, 0.2) is 11.5 Å². The van der Waals surface area contributed by atoms with Gasteiger partial charge in [-0.15, -0.1) is 0 Å². The van der Waals surface area contributed by atoms with Crippen LogP contribution in [-0.4, -0.2) is 12.7 Å². The number of benzene rings is 2. The zero-order valence-electron chi connectivity index (χ0n) is 12.7. The molecule has 0 aromatic heterocycles. The number of carbonyl (C=O) groups excluding carboxylic acids is 1. The highest BCUT2D eigenvalue weighted by atomic mass is 16.7. The van der Waals surface area contributed by atoms with E-state index in [0.29, 0.717) is 5.75 Å². The van der Waals surface area contributed by atoms with Crippen molar-refractivity contribution in [1.29, 1.82) is 0 Å². The third-order valence-corrected chi connectivity index (χ3v) is 4.19. The first-order valence-corrected chi connectivity index (χ1v) is 7.78. The normalized spacial score (nSPS) is 15.0. The zero-order valence-corrected chi connectivity index (χ0v) is 12.7. The van der Waals surface area contributed by atoms with E-state index in [1.165, 1.54) is 23.6 Å². The number of anilines is 1. The van der Waals surface area contributed by atoms with E-state index in [9.17, 15) is 4.79 Å². The highest BCUT2D eigenvalue weighted by molar-refractivity contribution is 6.02. The summed E-state index contributed by atoms with van der Waals surface area (Å²) in [7, 11) is 0. The summed E-state index contributed by atoms with van der Waals surface area (Å²) >= 11 is 0. The molecule has 2 aliphatic rings. The monoisotopic (exact) mass is 307 g/mol. The predicted molar refractivity (Wildman–Crippen MR) is 88.7 cm³/mol. The minimum Gasteiger partial charge on any atom is -0.454 e. The van der Waals surface area contributed by atoms with Gasteiger partial charge in [0.1, 0.15) is 0 Å². The Bertz CT molecular complexity index is 795. The summed E-state index contributed by atoms with van der Waals surface area (Å²) in [6.45, 7) is 0.251. The van der Waals surface area contributed by atoms with E-state index in [0.717, 1.165) is 29.8 Å². The Labute approximate surface area is 134 Å². The Morgan fingerprint density at radius 3 is 2.83 bits per heavy atom. The van der Waals surface area contributed by atoms with Crippen LogP contribution in [0.25, 0.3) is 6.08 Å². The molecule has 116 valence electrons. The van der Waals surface area contributed by atoms with E-state index in [-0.39, 0.29) is 12.7 Å². The zero-order chi connectivity index (χ0) is 15.6. The van der Waals surface area contributed by atoms with Crippen LogP contribution in [0.5, 0.6) is 11.5 Å². The second-order valence-electron chi connectivity index (χ2n) is 5.77. The molecule has 1 heterocycles. The number of fused-ring (bicyclic) bond motifs is 2. The molecule has 1 N–H and O–H groups in total. The second-order valence-corrected chi connectivity index (χ2v) is 5.77. The maximum atomic E-state index is 12.1. The molecule has 1 aliphatic carbocycles. The van der Waals surface area contributed by atoms with Gasteiger partial charge in [-0.2, -0.15) is 0 Å². The van der Waals surface area contributed by atoms with Gasteiger partial charge >= 0.3 is 0 Å². The summed E-state index contributed by atoms with van der Waals surface area (Å²) in [5.41, 5.74) is 4.51. The number of hydrogen-bond acceptors (Lipinski definition) is 3. The molecule has 2 aromatic rings. The van der Waals surface area contributed by atoms with Gasteiger partial charge in [-0.3, -0.25) is 4.79 Å². The predicted octanol–water partition coefficient (Wildman–Crippen LogP) is 3.56. The number of ether oxygens (including phenoxy) is 2. The summed E-state index contributed by atoms with van der Waals surface area (Å²) < 4.78 is 10.6. The van der Waals surface area contributed by atoms with Gasteiger partial charge in [0, 0.05) is 11.8 Å². The Balaban J connectivity index is 1.43. The van der Waals surface area contributed by atoms with E-state index in [4.69, 9.17) is 9.47 Å². The quantitative estimate of drug-likeness (QED) is 0.882. The van der Waals surface area contributed by atoms with Gasteiger partial charge < -0.3 is 14.8 Å². The van der Waals surface area contributed by atoms with Crippen LogP contribution >= 0.6 is 0 Å². The molecule has 0 atom stereocenters. The molecule has 0 fully saturated rings. The molecule has 0 bridgehead atoms. The smallest absolute Gasteiger partial charge is 0.248 e. The lowest BCUT2D eigenvalue weighted by Crippen LogP contribution is -2.08. The van der Waals surface area contributed by atoms with Crippen molar-refractivity contribution in [3.05, 3.63) is 59.2 Å². The number of nitrogens with one attached hydrogen (secondary N) is 1. The van der Waals surface area contributed by atoms with Gasteiger partial charge in [-0.05, 0) is 66.3 Å². The van der Waals surface area contributed by atoms with Crippen molar-refractivity contribution >= 4 is 17.7 Å². The molecule has 0 saturated carbocycles. The average molecular weight is 307 g/mol. The first-order chi connectivity index (χ1) is 11.3. The number of amides is 1. The highest BCUT2D eigenvalue weighted by Gasteiger charge is 2.13. The standard InChI is InChI=1S/C19H17NO3/c21-19(20-16-7-6-14-2-1-3-15(14)11-16)9-5-13-4-8-17-18(10-13)23-12-22-17/h4-11H,1-3,12H2,(H,20,21)/b9-5+. The molecule has 0 saturated heterocycles. The van der Waals surface area contributed by atoms with Crippen molar-refractivity contribution < 1.29 is 14.3 Å². The van der Waals surface area contributed by atoms with Crippen molar-refractivity contribution in [1.82, 2.24) is 0 Å². The lowest BCUT2D eigenvalue weighted by Gasteiger charge is -2.05. The molecule has 23 heavy (non-hydrogen) atoms. The van der Waals surface area contributed by atoms with Gasteiger partial charge in [-0.1, -0.05) is 12.1 Å². The van der Waals surface area contributed by atoms with Crippen LogP contribution in [0, 0.1) is 0 Å².